The monoisotopic (exact) mass is 381 g/mol. The summed E-state index contributed by atoms with van der Waals surface area (Å²) >= 11 is 0. The van der Waals surface area contributed by atoms with Gasteiger partial charge in [0.25, 0.3) is 0 Å². The molecular weight excluding hydrogens is 350 g/mol. The lowest BCUT2D eigenvalue weighted by atomic mass is 9.84. The molecule has 28 heavy (non-hydrogen) atoms. The van der Waals surface area contributed by atoms with Gasteiger partial charge in [0.1, 0.15) is 5.82 Å². The van der Waals surface area contributed by atoms with Gasteiger partial charge in [0.2, 0.25) is 5.91 Å². The van der Waals surface area contributed by atoms with E-state index in [9.17, 15) is 4.79 Å². The predicted octanol–water partition coefficient (Wildman–Crippen LogP) is 4.05. The molecule has 0 unspecified atom stereocenters. The lowest BCUT2D eigenvalue weighted by Crippen LogP contribution is -2.37. The standard InChI is InChI=1S/C22H31N5O/c1-22(2,3)14-24-19-11-16(7-9-23-19)18-12-25-26-20(18)17-8-10-27(13-17)21(28)15-5-4-6-15/h7,9,11-12,15,17H,4-6,8,10,13-14H2,1-3H3,(H,23,24)(H,25,26)/t17-/m0/s1. The third kappa shape index (κ3) is 4.05. The number of rotatable bonds is 5. The minimum absolute atomic E-state index is 0.193. The van der Waals surface area contributed by atoms with Gasteiger partial charge in [-0.15, -0.1) is 0 Å². The number of hydrogen-bond donors (Lipinski definition) is 2. The van der Waals surface area contributed by atoms with Gasteiger partial charge < -0.3 is 10.2 Å². The summed E-state index contributed by atoms with van der Waals surface area (Å²) < 4.78 is 0. The molecule has 0 bridgehead atoms. The number of nitrogens with zero attached hydrogens (tertiary/aromatic N) is 3. The number of amides is 1. The van der Waals surface area contributed by atoms with Crippen molar-refractivity contribution in [1.82, 2.24) is 20.1 Å². The molecule has 2 fully saturated rings. The molecule has 2 aliphatic rings. The van der Waals surface area contributed by atoms with Gasteiger partial charge in [-0.25, -0.2) is 4.98 Å². The lowest BCUT2D eigenvalue weighted by Gasteiger charge is -2.29. The largest absolute Gasteiger partial charge is 0.370 e. The molecular formula is C22H31N5O. The Morgan fingerprint density at radius 1 is 1.32 bits per heavy atom. The number of aromatic nitrogens is 3. The second kappa shape index (κ2) is 7.57. The number of anilines is 1. The molecule has 150 valence electrons. The molecule has 1 amide bonds. The molecule has 4 rings (SSSR count). The Balaban J connectivity index is 1.48. The van der Waals surface area contributed by atoms with Crippen LogP contribution in [-0.4, -0.2) is 45.6 Å². The summed E-state index contributed by atoms with van der Waals surface area (Å²) in [5.41, 5.74) is 3.55. The van der Waals surface area contributed by atoms with Crippen LogP contribution in [0, 0.1) is 11.3 Å². The molecule has 0 radical (unpaired) electrons. The van der Waals surface area contributed by atoms with Gasteiger partial charge in [0, 0.05) is 48.9 Å². The van der Waals surface area contributed by atoms with Crippen LogP contribution >= 0.6 is 0 Å². The summed E-state index contributed by atoms with van der Waals surface area (Å²) in [6.45, 7) is 9.12. The molecule has 6 nitrogen and oxygen atoms in total. The van der Waals surface area contributed by atoms with Crippen molar-refractivity contribution in [2.24, 2.45) is 11.3 Å². The first-order valence-electron chi connectivity index (χ1n) is 10.4. The van der Waals surface area contributed by atoms with E-state index in [1.54, 1.807) is 0 Å². The molecule has 1 aliphatic heterocycles. The van der Waals surface area contributed by atoms with Gasteiger partial charge in [0.15, 0.2) is 0 Å². The van der Waals surface area contributed by atoms with E-state index in [4.69, 9.17) is 0 Å². The molecule has 3 heterocycles. The Kier molecular flexibility index (Phi) is 5.13. The van der Waals surface area contributed by atoms with Crippen LogP contribution in [0.4, 0.5) is 5.82 Å². The lowest BCUT2D eigenvalue weighted by molar-refractivity contribution is -0.137. The highest BCUT2D eigenvalue weighted by molar-refractivity contribution is 5.80. The number of pyridine rings is 1. The molecule has 2 aromatic rings. The predicted molar refractivity (Wildman–Crippen MR) is 111 cm³/mol. The van der Waals surface area contributed by atoms with Crippen LogP contribution in [0.25, 0.3) is 11.1 Å². The second-order valence-corrected chi connectivity index (χ2v) is 9.44. The van der Waals surface area contributed by atoms with E-state index in [0.717, 1.165) is 61.5 Å². The van der Waals surface area contributed by atoms with Crippen LogP contribution in [0.15, 0.2) is 24.5 Å². The highest BCUT2D eigenvalue weighted by atomic mass is 16.2. The highest BCUT2D eigenvalue weighted by Gasteiger charge is 2.35. The van der Waals surface area contributed by atoms with Crippen molar-refractivity contribution in [1.29, 1.82) is 0 Å². The van der Waals surface area contributed by atoms with Crippen LogP contribution in [0.1, 0.15) is 58.1 Å². The highest BCUT2D eigenvalue weighted by Crippen LogP contribution is 2.36. The van der Waals surface area contributed by atoms with Crippen LogP contribution in [0.3, 0.4) is 0 Å². The van der Waals surface area contributed by atoms with E-state index in [2.05, 4.69) is 52.2 Å². The van der Waals surface area contributed by atoms with Crippen molar-refractivity contribution in [3.8, 4) is 11.1 Å². The number of carbonyl (C=O) groups excluding carboxylic acids is 1. The summed E-state index contributed by atoms with van der Waals surface area (Å²) in [4.78, 5) is 19.1. The zero-order valence-electron chi connectivity index (χ0n) is 17.2. The maximum atomic E-state index is 12.6. The minimum atomic E-state index is 0.193. The maximum Gasteiger partial charge on any atom is 0.225 e. The first-order valence-corrected chi connectivity index (χ1v) is 10.4. The Bertz CT molecular complexity index is 833. The van der Waals surface area contributed by atoms with Gasteiger partial charge in [0.05, 0.1) is 6.20 Å². The van der Waals surface area contributed by atoms with Gasteiger partial charge in [-0.3, -0.25) is 9.89 Å². The minimum Gasteiger partial charge on any atom is -0.370 e. The third-order valence-corrected chi connectivity index (χ3v) is 5.90. The Labute approximate surface area is 167 Å². The topological polar surface area (TPSA) is 73.9 Å². The fourth-order valence-corrected chi connectivity index (χ4v) is 4.00. The number of nitrogens with one attached hydrogen (secondary N) is 2. The zero-order chi connectivity index (χ0) is 19.7. The van der Waals surface area contributed by atoms with E-state index in [-0.39, 0.29) is 11.3 Å². The third-order valence-electron chi connectivity index (χ3n) is 5.90. The average Bonchev–Trinajstić information content (AvgIpc) is 3.27. The Morgan fingerprint density at radius 2 is 2.14 bits per heavy atom. The number of carbonyl (C=O) groups is 1. The van der Waals surface area contributed by atoms with Crippen molar-refractivity contribution in [3.05, 3.63) is 30.2 Å². The van der Waals surface area contributed by atoms with Crippen LogP contribution < -0.4 is 5.32 Å². The average molecular weight is 382 g/mol. The van der Waals surface area contributed by atoms with Crippen molar-refractivity contribution >= 4 is 11.7 Å². The summed E-state index contributed by atoms with van der Waals surface area (Å²) in [6, 6.07) is 4.12. The zero-order valence-corrected chi connectivity index (χ0v) is 17.2. The number of hydrogen-bond acceptors (Lipinski definition) is 4. The smallest absolute Gasteiger partial charge is 0.225 e. The van der Waals surface area contributed by atoms with Gasteiger partial charge >= 0.3 is 0 Å². The van der Waals surface area contributed by atoms with Crippen molar-refractivity contribution in [2.75, 3.05) is 25.0 Å². The van der Waals surface area contributed by atoms with E-state index in [1.807, 2.05) is 18.5 Å². The molecule has 0 spiro atoms. The SMILES string of the molecule is CC(C)(C)CNc1cc(-c2cn[nH]c2[C@H]2CCN(C(=O)C3CCC3)C2)ccn1. The fraction of sp³-hybridized carbons (Fsp3) is 0.591. The first-order chi connectivity index (χ1) is 13.4. The Hall–Kier alpha value is -2.37. The quantitative estimate of drug-likeness (QED) is 0.819. The summed E-state index contributed by atoms with van der Waals surface area (Å²) in [6.07, 6.45) is 8.07. The van der Waals surface area contributed by atoms with Crippen molar-refractivity contribution in [2.45, 2.75) is 52.4 Å². The molecule has 2 N–H and O–H groups in total. The van der Waals surface area contributed by atoms with E-state index >= 15 is 0 Å². The summed E-state index contributed by atoms with van der Waals surface area (Å²) in [7, 11) is 0. The van der Waals surface area contributed by atoms with Crippen LogP contribution in [0.2, 0.25) is 0 Å². The number of likely N-dealkylation sites (tertiary alicyclic amines) is 1. The van der Waals surface area contributed by atoms with Gasteiger partial charge in [-0.05, 0) is 42.4 Å². The molecule has 2 aromatic heterocycles. The van der Waals surface area contributed by atoms with Crippen molar-refractivity contribution in [3.63, 3.8) is 0 Å². The number of H-pyrrole nitrogens is 1. The van der Waals surface area contributed by atoms with E-state index < -0.39 is 0 Å². The van der Waals surface area contributed by atoms with Gasteiger partial charge in [-0.2, -0.15) is 5.10 Å². The normalized spacial score (nSPS) is 20.2. The molecule has 1 atom stereocenters. The van der Waals surface area contributed by atoms with E-state index in [0.29, 0.717) is 11.8 Å². The first kappa shape index (κ1) is 19.0. The van der Waals surface area contributed by atoms with Crippen LogP contribution in [0.5, 0.6) is 0 Å². The fourth-order valence-electron chi connectivity index (χ4n) is 4.00. The Morgan fingerprint density at radius 3 is 2.86 bits per heavy atom. The molecule has 6 heteroatoms. The molecule has 1 saturated carbocycles. The molecule has 1 aliphatic carbocycles. The second-order valence-electron chi connectivity index (χ2n) is 9.44. The maximum absolute atomic E-state index is 12.6. The van der Waals surface area contributed by atoms with E-state index in [1.165, 1.54) is 6.42 Å². The van der Waals surface area contributed by atoms with Crippen LogP contribution in [-0.2, 0) is 4.79 Å². The molecule has 1 saturated heterocycles. The molecule has 0 aromatic carbocycles. The van der Waals surface area contributed by atoms with Crippen molar-refractivity contribution < 1.29 is 4.79 Å². The summed E-state index contributed by atoms with van der Waals surface area (Å²) in [5.74, 6) is 1.83. The van der Waals surface area contributed by atoms with Gasteiger partial charge in [-0.1, -0.05) is 27.2 Å². The summed E-state index contributed by atoms with van der Waals surface area (Å²) in [5, 5.41) is 11.0. The number of aromatic amines is 1.